The van der Waals surface area contributed by atoms with E-state index in [2.05, 4.69) is 35.8 Å². The van der Waals surface area contributed by atoms with Crippen LogP contribution in [0.3, 0.4) is 0 Å². The van der Waals surface area contributed by atoms with Crippen molar-refractivity contribution in [1.82, 2.24) is 19.9 Å². The average Bonchev–Trinajstić information content (AvgIpc) is 3.08. The number of hydrogen-bond acceptors (Lipinski definition) is 5. The molecule has 0 radical (unpaired) electrons. The molecule has 1 fully saturated rings. The molecule has 0 saturated carbocycles. The number of carbonyl (C=O) groups excluding carboxylic acids is 1. The highest BCUT2D eigenvalue weighted by Gasteiger charge is 2.23. The first-order valence-corrected chi connectivity index (χ1v) is 9.47. The van der Waals surface area contributed by atoms with Crippen LogP contribution in [0.5, 0.6) is 0 Å². The van der Waals surface area contributed by atoms with Crippen LogP contribution in [0.15, 0.2) is 28.8 Å². The van der Waals surface area contributed by atoms with E-state index in [0.717, 1.165) is 50.4 Å². The summed E-state index contributed by atoms with van der Waals surface area (Å²) in [4.78, 5) is 21.3. The third-order valence-corrected chi connectivity index (χ3v) is 4.73. The molecule has 0 spiro atoms. The van der Waals surface area contributed by atoms with E-state index in [0.29, 0.717) is 18.4 Å². The smallest absolute Gasteiger partial charge is 0.253 e. The summed E-state index contributed by atoms with van der Waals surface area (Å²) in [6, 6.07) is 7.94. The van der Waals surface area contributed by atoms with Gasteiger partial charge in [0.2, 0.25) is 5.89 Å². The van der Waals surface area contributed by atoms with Gasteiger partial charge in [0.15, 0.2) is 5.82 Å². The van der Waals surface area contributed by atoms with Crippen molar-refractivity contribution in [1.29, 1.82) is 0 Å². The van der Waals surface area contributed by atoms with Gasteiger partial charge in [-0.3, -0.25) is 9.69 Å². The van der Waals surface area contributed by atoms with Crippen LogP contribution in [0, 0.1) is 5.92 Å². The van der Waals surface area contributed by atoms with E-state index in [1.165, 1.54) is 5.56 Å². The molecule has 3 rings (SSSR count). The molecule has 1 amide bonds. The van der Waals surface area contributed by atoms with Gasteiger partial charge in [0.1, 0.15) is 0 Å². The third kappa shape index (κ3) is 4.69. The number of aromatic nitrogens is 2. The lowest BCUT2D eigenvalue weighted by Crippen LogP contribution is -2.48. The second-order valence-electron chi connectivity index (χ2n) is 7.32. The van der Waals surface area contributed by atoms with Crippen LogP contribution in [-0.2, 0) is 19.4 Å². The maximum absolute atomic E-state index is 12.6. The third-order valence-electron chi connectivity index (χ3n) is 4.73. The summed E-state index contributed by atoms with van der Waals surface area (Å²) >= 11 is 0. The predicted octanol–water partition coefficient (Wildman–Crippen LogP) is 2.79. The maximum Gasteiger partial charge on any atom is 0.253 e. The van der Waals surface area contributed by atoms with Crippen molar-refractivity contribution < 1.29 is 9.32 Å². The van der Waals surface area contributed by atoms with Gasteiger partial charge in [-0.1, -0.05) is 38.1 Å². The number of hydrogen-bond donors (Lipinski definition) is 0. The molecule has 0 N–H and O–H groups in total. The van der Waals surface area contributed by atoms with E-state index < -0.39 is 0 Å². The number of rotatable bonds is 6. The maximum atomic E-state index is 12.6. The highest BCUT2D eigenvalue weighted by molar-refractivity contribution is 5.94. The highest BCUT2D eigenvalue weighted by Crippen LogP contribution is 2.13. The van der Waals surface area contributed by atoms with Gasteiger partial charge in [-0.05, 0) is 30.0 Å². The van der Waals surface area contributed by atoms with Crippen molar-refractivity contribution in [3.63, 3.8) is 0 Å². The van der Waals surface area contributed by atoms with Crippen LogP contribution in [0.1, 0.15) is 48.4 Å². The van der Waals surface area contributed by atoms with E-state index >= 15 is 0 Å². The molecular formula is C20H28N4O2. The van der Waals surface area contributed by atoms with E-state index in [4.69, 9.17) is 4.52 Å². The minimum Gasteiger partial charge on any atom is -0.338 e. The van der Waals surface area contributed by atoms with Gasteiger partial charge in [0.25, 0.3) is 5.91 Å². The Morgan fingerprint density at radius 1 is 1.15 bits per heavy atom. The lowest BCUT2D eigenvalue weighted by molar-refractivity contribution is 0.0615. The first-order valence-electron chi connectivity index (χ1n) is 9.47. The van der Waals surface area contributed by atoms with Crippen molar-refractivity contribution in [2.75, 3.05) is 26.2 Å². The van der Waals surface area contributed by atoms with Gasteiger partial charge in [-0.2, -0.15) is 4.98 Å². The molecule has 26 heavy (non-hydrogen) atoms. The van der Waals surface area contributed by atoms with E-state index in [-0.39, 0.29) is 5.91 Å². The topological polar surface area (TPSA) is 62.5 Å². The van der Waals surface area contributed by atoms with Crippen LogP contribution in [-0.4, -0.2) is 52.0 Å². The molecule has 6 nitrogen and oxygen atoms in total. The average molecular weight is 356 g/mol. The number of amides is 1. The molecule has 1 aliphatic heterocycles. The van der Waals surface area contributed by atoms with Crippen LogP contribution in [0.4, 0.5) is 0 Å². The van der Waals surface area contributed by atoms with Crippen LogP contribution in [0.25, 0.3) is 0 Å². The summed E-state index contributed by atoms with van der Waals surface area (Å²) in [7, 11) is 0. The Balaban J connectivity index is 1.50. The van der Waals surface area contributed by atoms with E-state index in [9.17, 15) is 4.79 Å². The summed E-state index contributed by atoms with van der Waals surface area (Å²) in [5.74, 6) is 2.07. The lowest BCUT2D eigenvalue weighted by Gasteiger charge is -2.34. The Labute approximate surface area is 155 Å². The SMILES string of the molecule is CCc1ccc(C(=O)N2CCN(Cc3nc(CC(C)C)no3)CC2)cc1. The number of piperazine rings is 1. The number of carbonyl (C=O) groups is 1. The fourth-order valence-electron chi connectivity index (χ4n) is 3.17. The minimum absolute atomic E-state index is 0.115. The van der Waals surface area contributed by atoms with Gasteiger partial charge >= 0.3 is 0 Å². The summed E-state index contributed by atoms with van der Waals surface area (Å²) in [5.41, 5.74) is 2.02. The Morgan fingerprint density at radius 2 is 1.85 bits per heavy atom. The standard InChI is InChI=1S/C20H28N4O2/c1-4-16-5-7-17(8-6-16)20(25)24-11-9-23(10-12-24)14-19-21-18(22-26-19)13-15(2)3/h5-8,15H,4,9-14H2,1-3H3. The fourth-order valence-corrected chi connectivity index (χ4v) is 3.17. The molecule has 0 aliphatic carbocycles. The second-order valence-corrected chi connectivity index (χ2v) is 7.32. The molecule has 6 heteroatoms. The Morgan fingerprint density at radius 3 is 2.46 bits per heavy atom. The molecule has 0 atom stereocenters. The zero-order chi connectivity index (χ0) is 18.5. The van der Waals surface area contributed by atoms with Crippen LogP contribution >= 0.6 is 0 Å². The Hall–Kier alpha value is -2.21. The normalized spacial score (nSPS) is 15.6. The van der Waals surface area contributed by atoms with Crippen molar-refractivity contribution in [2.45, 2.75) is 40.2 Å². The molecule has 1 aliphatic rings. The molecule has 1 aromatic carbocycles. The first-order chi connectivity index (χ1) is 12.5. The predicted molar refractivity (Wildman–Crippen MR) is 99.8 cm³/mol. The second kappa shape index (κ2) is 8.45. The minimum atomic E-state index is 0.115. The van der Waals surface area contributed by atoms with Crippen LogP contribution in [0.2, 0.25) is 0 Å². The summed E-state index contributed by atoms with van der Waals surface area (Å²) in [5, 5.41) is 4.04. The quantitative estimate of drug-likeness (QED) is 0.796. The van der Waals surface area contributed by atoms with E-state index in [1.807, 2.05) is 29.2 Å². The zero-order valence-electron chi connectivity index (χ0n) is 15.9. The number of benzene rings is 1. The fraction of sp³-hybridized carbons (Fsp3) is 0.550. The molecule has 2 aromatic rings. The molecular weight excluding hydrogens is 328 g/mol. The van der Waals surface area contributed by atoms with Gasteiger partial charge in [-0.15, -0.1) is 0 Å². The largest absolute Gasteiger partial charge is 0.338 e. The highest BCUT2D eigenvalue weighted by atomic mass is 16.5. The monoisotopic (exact) mass is 356 g/mol. The van der Waals surface area contributed by atoms with Gasteiger partial charge < -0.3 is 9.42 Å². The molecule has 0 unspecified atom stereocenters. The molecule has 0 bridgehead atoms. The Bertz CT molecular complexity index is 716. The van der Waals surface area contributed by atoms with Crippen molar-refractivity contribution >= 4 is 5.91 Å². The summed E-state index contributed by atoms with van der Waals surface area (Å²) < 4.78 is 5.35. The van der Waals surface area contributed by atoms with Crippen LogP contribution < -0.4 is 0 Å². The first kappa shape index (κ1) is 18.6. The van der Waals surface area contributed by atoms with Gasteiger partial charge in [0, 0.05) is 38.2 Å². The lowest BCUT2D eigenvalue weighted by atomic mass is 10.1. The Kier molecular flexibility index (Phi) is 6.04. The van der Waals surface area contributed by atoms with E-state index in [1.54, 1.807) is 0 Å². The van der Waals surface area contributed by atoms with Gasteiger partial charge in [-0.25, -0.2) is 0 Å². The van der Waals surface area contributed by atoms with Crippen molar-refractivity contribution in [2.24, 2.45) is 5.92 Å². The zero-order valence-corrected chi connectivity index (χ0v) is 15.9. The molecule has 1 aromatic heterocycles. The molecule has 2 heterocycles. The molecule has 140 valence electrons. The summed E-state index contributed by atoms with van der Waals surface area (Å²) in [6.45, 7) is 10.1. The number of aryl methyl sites for hydroxylation is 1. The van der Waals surface area contributed by atoms with Crippen molar-refractivity contribution in [3.8, 4) is 0 Å². The van der Waals surface area contributed by atoms with Gasteiger partial charge in [0.05, 0.1) is 6.54 Å². The van der Waals surface area contributed by atoms with Crippen molar-refractivity contribution in [3.05, 3.63) is 47.1 Å². The molecule has 1 saturated heterocycles. The summed E-state index contributed by atoms with van der Waals surface area (Å²) in [6.07, 6.45) is 1.82. The number of nitrogens with zero attached hydrogens (tertiary/aromatic N) is 4.